The zero-order chi connectivity index (χ0) is 22.8. The minimum absolute atomic E-state index is 0.0517. The SMILES string of the molecule is O=C(CN1CCN(C(=O)c2cn(-c3ccccc3)nc2-c2ccc(Cl)cc2)CC1)NC1CC1. The molecule has 1 aliphatic heterocycles. The van der Waals surface area contributed by atoms with E-state index < -0.39 is 0 Å². The number of carbonyl (C=O) groups excluding carboxylic acids is 2. The maximum Gasteiger partial charge on any atom is 0.257 e. The second-order valence-corrected chi connectivity index (χ2v) is 9.02. The number of hydrogen-bond donors (Lipinski definition) is 1. The average Bonchev–Trinajstić information content (AvgIpc) is 3.54. The molecule has 0 atom stereocenters. The number of hydrogen-bond acceptors (Lipinski definition) is 4. The quantitative estimate of drug-likeness (QED) is 0.609. The largest absolute Gasteiger partial charge is 0.352 e. The summed E-state index contributed by atoms with van der Waals surface area (Å²) in [4.78, 5) is 29.6. The summed E-state index contributed by atoms with van der Waals surface area (Å²) in [6.07, 6.45) is 3.97. The van der Waals surface area contributed by atoms with Crippen LogP contribution < -0.4 is 5.32 Å². The molecule has 5 rings (SSSR count). The maximum absolute atomic E-state index is 13.5. The molecule has 33 heavy (non-hydrogen) atoms. The number of piperazine rings is 1. The van der Waals surface area contributed by atoms with E-state index in [4.69, 9.17) is 16.7 Å². The number of benzene rings is 2. The van der Waals surface area contributed by atoms with Crippen molar-refractivity contribution in [3.8, 4) is 16.9 Å². The molecule has 0 spiro atoms. The molecule has 170 valence electrons. The predicted molar refractivity (Wildman–Crippen MR) is 128 cm³/mol. The molecule has 1 N–H and O–H groups in total. The van der Waals surface area contributed by atoms with Crippen LogP contribution in [0.1, 0.15) is 23.2 Å². The highest BCUT2D eigenvalue weighted by molar-refractivity contribution is 6.30. The summed E-state index contributed by atoms with van der Waals surface area (Å²) >= 11 is 6.07. The number of nitrogens with one attached hydrogen (secondary N) is 1. The molecule has 0 bridgehead atoms. The molecule has 2 aromatic carbocycles. The summed E-state index contributed by atoms with van der Waals surface area (Å²) in [6, 6.07) is 17.5. The summed E-state index contributed by atoms with van der Waals surface area (Å²) in [5.41, 5.74) is 2.92. The third-order valence-electron chi connectivity index (χ3n) is 6.05. The van der Waals surface area contributed by atoms with E-state index in [1.54, 1.807) is 23.0 Å². The van der Waals surface area contributed by atoms with E-state index in [0.29, 0.717) is 55.0 Å². The second kappa shape index (κ2) is 9.37. The van der Waals surface area contributed by atoms with Gasteiger partial charge in [-0.15, -0.1) is 0 Å². The number of aromatic nitrogens is 2. The van der Waals surface area contributed by atoms with Gasteiger partial charge in [0.1, 0.15) is 5.69 Å². The van der Waals surface area contributed by atoms with E-state index >= 15 is 0 Å². The van der Waals surface area contributed by atoms with Gasteiger partial charge in [-0.3, -0.25) is 14.5 Å². The van der Waals surface area contributed by atoms with Crippen LogP contribution in [-0.2, 0) is 4.79 Å². The molecule has 1 saturated heterocycles. The number of rotatable bonds is 6. The van der Waals surface area contributed by atoms with Crippen LogP contribution in [-0.4, -0.2) is 70.2 Å². The van der Waals surface area contributed by atoms with Crippen molar-refractivity contribution in [3.63, 3.8) is 0 Å². The summed E-state index contributed by atoms with van der Waals surface area (Å²) < 4.78 is 1.75. The lowest BCUT2D eigenvalue weighted by atomic mass is 10.1. The maximum atomic E-state index is 13.5. The van der Waals surface area contributed by atoms with E-state index in [0.717, 1.165) is 24.1 Å². The standard InChI is InChI=1S/C25H26ClN5O2/c26-19-8-6-18(7-9-19)24-22(16-31(28-24)21-4-2-1-3-5-21)25(33)30-14-12-29(13-15-30)17-23(32)27-20-10-11-20/h1-9,16,20H,10-15,17H2,(H,27,32). The van der Waals surface area contributed by atoms with Crippen molar-refractivity contribution in [3.05, 3.63) is 71.4 Å². The summed E-state index contributed by atoms with van der Waals surface area (Å²) in [5, 5.41) is 8.41. The first-order chi connectivity index (χ1) is 16.1. The third-order valence-corrected chi connectivity index (χ3v) is 6.30. The van der Waals surface area contributed by atoms with Crippen molar-refractivity contribution in [2.24, 2.45) is 0 Å². The molecule has 8 heteroatoms. The topological polar surface area (TPSA) is 70.5 Å². The van der Waals surface area contributed by atoms with E-state index in [9.17, 15) is 9.59 Å². The van der Waals surface area contributed by atoms with Gasteiger partial charge in [-0.2, -0.15) is 5.10 Å². The first-order valence-electron chi connectivity index (χ1n) is 11.3. The van der Waals surface area contributed by atoms with Gasteiger partial charge in [-0.25, -0.2) is 4.68 Å². The number of halogens is 1. The highest BCUT2D eigenvalue weighted by Crippen LogP contribution is 2.27. The molecule has 2 heterocycles. The highest BCUT2D eigenvalue weighted by Gasteiger charge is 2.28. The van der Waals surface area contributed by atoms with Crippen molar-refractivity contribution >= 4 is 23.4 Å². The first-order valence-corrected chi connectivity index (χ1v) is 11.7. The predicted octanol–water partition coefficient (Wildman–Crippen LogP) is 3.23. The first kappa shape index (κ1) is 21.7. The molecule has 3 aromatic rings. The Hall–Kier alpha value is -3.16. The molecular formula is C25H26ClN5O2. The lowest BCUT2D eigenvalue weighted by molar-refractivity contribution is -0.122. The van der Waals surface area contributed by atoms with Crippen molar-refractivity contribution in [1.82, 2.24) is 24.9 Å². The molecule has 0 radical (unpaired) electrons. The molecular weight excluding hydrogens is 438 g/mol. The Bertz CT molecular complexity index is 1130. The van der Waals surface area contributed by atoms with Gasteiger partial charge in [-0.1, -0.05) is 41.9 Å². The van der Waals surface area contributed by atoms with E-state index in [1.807, 2.05) is 47.4 Å². The monoisotopic (exact) mass is 463 g/mol. The van der Waals surface area contributed by atoms with Crippen molar-refractivity contribution in [1.29, 1.82) is 0 Å². The number of amides is 2. The van der Waals surface area contributed by atoms with Gasteiger partial charge in [0.25, 0.3) is 5.91 Å². The molecule has 1 saturated carbocycles. The van der Waals surface area contributed by atoms with Crippen LogP contribution in [0.2, 0.25) is 5.02 Å². The molecule has 7 nitrogen and oxygen atoms in total. The summed E-state index contributed by atoms with van der Waals surface area (Å²) in [5.74, 6) is 0.0238. The number of carbonyl (C=O) groups is 2. The average molecular weight is 464 g/mol. The second-order valence-electron chi connectivity index (χ2n) is 8.59. The van der Waals surface area contributed by atoms with Gasteiger partial charge in [-0.05, 0) is 37.1 Å². The Morgan fingerprint density at radius 2 is 1.67 bits per heavy atom. The van der Waals surface area contributed by atoms with Gasteiger partial charge in [0.2, 0.25) is 5.91 Å². The minimum Gasteiger partial charge on any atom is -0.352 e. The molecule has 1 aromatic heterocycles. The van der Waals surface area contributed by atoms with Gasteiger partial charge in [0, 0.05) is 49.0 Å². The highest BCUT2D eigenvalue weighted by atomic mass is 35.5. The third kappa shape index (κ3) is 5.10. The normalized spacial score (nSPS) is 16.6. The van der Waals surface area contributed by atoms with Crippen LogP contribution in [0.5, 0.6) is 0 Å². The molecule has 2 aliphatic rings. The summed E-state index contributed by atoms with van der Waals surface area (Å²) in [6.45, 7) is 2.89. The van der Waals surface area contributed by atoms with Crippen LogP contribution in [0.4, 0.5) is 0 Å². The minimum atomic E-state index is -0.0517. The lowest BCUT2D eigenvalue weighted by Crippen LogP contribution is -2.51. The Balaban J connectivity index is 1.34. The van der Waals surface area contributed by atoms with E-state index in [1.165, 1.54) is 0 Å². The fourth-order valence-electron chi connectivity index (χ4n) is 4.05. The van der Waals surface area contributed by atoms with E-state index in [-0.39, 0.29) is 11.8 Å². The van der Waals surface area contributed by atoms with E-state index in [2.05, 4.69) is 10.2 Å². The smallest absolute Gasteiger partial charge is 0.257 e. The Morgan fingerprint density at radius 3 is 2.33 bits per heavy atom. The zero-order valence-electron chi connectivity index (χ0n) is 18.3. The van der Waals surface area contributed by atoms with Crippen molar-refractivity contribution in [2.75, 3.05) is 32.7 Å². The Labute approximate surface area is 197 Å². The lowest BCUT2D eigenvalue weighted by Gasteiger charge is -2.34. The van der Waals surface area contributed by atoms with Crippen molar-refractivity contribution < 1.29 is 9.59 Å². The molecule has 1 aliphatic carbocycles. The molecule has 2 fully saturated rings. The fourth-order valence-corrected chi connectivity index (χ4v) is 4.17. The Kier molecular flexibility index (Phi) is 6.15. The molecule has 2 amide bonds. The fraction of sp³-hybridized carbons (Fsp3) is 0.320. The number of para-hydroxylation sites is 1. The van der Waals surface area contributed by atoms with Crippen LogP contribution >= 0.6 is 11.6 Å². The van der Waals surface area contributed by atoms with Crippen LogP contribution in [0, 0.1) is 0 Å². The van der Waals surface area contributed by atoms with Crippen molar-refractivity contribution in [2.45, 2.75) is 18.9 Å². The summed E-state index contributed by atoms with van der Waals surface area (Å²) in [7, 11) is 0. The van der Waals surface area contributed by atoms with Gasteiger partial charge < -0.3 is 10.2 Å². The van der Waals surface area contributed by atoms with Crippen LogP contribution in [0.15, 0.2) is 60.8 Å². The Morgan fingerprint density at radius 1 is 0.970 bits per heavy atom. The zero-order valence-corrected chi connectivity index (χ0v) is 19.0. The van der Waals surface area contributed by atoms with Gasteiger partial charge >= 0.3 is 0 Å². The van der Waals surface area contributed by atoms with Crippen LogP contribution in [0.3, 0.4) is 0 Å². The number of nitrogens with zero attached hydrogens (tertiary/aromatic N) is 4. The van der Waals surface area contributed by atoms with Gasteiger partial charge in [0.05, 0.1) is 17.8 Å². The molecule has 0 unspecified atom stereocenters. The van der Waals surface area contributed by atoms with Crippen LogP contribution in [0.25, 0.3) is 16.9 Å². The van der Waals surface area contributed by atoms with Gasteiger partial charge in [0.15, 0.2) is 0 Å².